The Hall–Kier alpha value is -3.60. The van der Waals surface area contributed by atoms with E-state index < -0.39 is 0 Å². The van der Waals surface area contributed by atoms with Crippen LogP contribution in [-0.2, 0) is 6.54 Å². The molecule has 29 heavy (non-hydrogen) atoms. The normalized spacial score (nSPS) is 11.1. The molecule has 0 aliphatic rings. The van der Waals surface area contributed by atoms with Crippen LogP contribution in [0.1, 0.15) is 34.6 Å². The third-order valence-corrected chi connectivity index (χ3v) is 4.83. The largest absolute Gasteiger partial charge is 0.298 e. The molecule has 0 aliphatic heterocycles. The summed E-state index contributed by atoms with van der Waals surface area (Å²) in [4.78, 5) is 23.7. The van der Waals surface area contributed by atoms with Crippen LogP contribution in [0, 0.1) is 5.92 Å². The summed E-state index contributed by atoms with van der Waals surface area (Å²) in [5.41, 5.74) is 6.84. The average molecular weight is 383 g/mol. The third kappa shape index (κ3) is 3.72. The number of hydrogen-bond acceptors (Lipinski definition) is 4. The molecular weight excluding hydrogens is 362 g/mol. The maximum absolute atomic E-state index is 11.0. The van der Waals surface area contributed by atoms with Crippen LogP contribution in [0.3, 0.4) is 0 Å². The smallest absolute Gasteiger partial charge is 0.150 e. The zero-order valence-corrected chi connectivity index (χ0v) is 16.4. The summed E-state index contributed by atoms with van der Waals surface area (Å²) in [6.45, 7) is 4.99. The van der Waals surface area contributed by atoms with Gasteiger partial charge in [-0.1, -0.05) is 74.5 Å². The number of rotatable bonds is 6. The van der Waals surface area contributed by atoms with Gasteiger partial charge in [-0.3, -0.25) is 9.59 Å². The molecule has 0 aliphatic carbocycles. The Kier molecular flexibility index (Phi) is 5.04. The molecule has 1 heterocycles. The van der Waals surface area contributed by atoms with Crippen LogP contribution in [0.4, 0.5) is 0 Å². The van der Waals surface area contributed by atoms with Crippen LogP contribution in [0.5, 0.6) is 0 Å². The molecule has 0 spiro atoms. The Bertz CT molecular complexity index is 1080. The molecule has 0 atom stereocenters. The summed E-state index contributed by atoms with van der Waals surface area (Å²) in [7, 11) is 0. The van der Waals surface area contributed by atoms with E-state index in [1.165, 1.54) is 0 Å². The Morgan fingerprint density at radius 2 is 1.14 bits per heavy atom. The quantitative estimate of drug-likeness (QED) is 0.437. The van der Waals surface area contributed by atoms with Gasteiger partial charge < -0.3 is 0 Å². The standard InChI is InChI=1S/C24H21N3O2/c1-16(2)13-27-25-23-21(19-7-3-17(14-28)4-8-19)11-12-22(24(23)26-27)20-9-5-18(15-29)6-10-20/h3-12,14-16H,13H2,1-2H3. The molecule has 0 amide bonds. The van der Waals surface area contributed by atoms with E-state index in [4.69, 9.17) is 10.2 Å². The van der Waals surface area contributed by atoms with Crippen LogP contribution in [0.15, 0.2) is 60.7 Å². The monoisotopic (exact) mass is 383 g/mol. The summed E-state index contributed by atoms with van der Waals surface area (Å²) < 4.78 is 0. The SMILES string of the molecule is CC(C)Cn1nc2c(-c3ccc(C=O)cc3)ccc(-c3ccc(C=O)cc3)c2n1. The number of carbonyl (C=O) groups is 2. The minimum absolute atomic E-state index is 0.419. The second-order valence-corrected chi connectivity index (χ2v) is 7.49. The Morgan fingerprint density at radius 3 is 1.48 bits per heavy atom. The highest BCUT2D eigenvalue weighted by molar-refractivity contribution is 6.00. The summed E-state index contributed by atoms with van der Waals surface area (Å²) >= 11 is 0. The molecule has 4 rings (SSSR count). The number of fused-ring (bicyclic) bond motifs is 1. The van der Waals surface area contributed by atoms with Crippen molar-refractivity contribution in [3.63, 3.8) is 0 Å². The molecule has 0 unspecified atom stereocenters. The molecular formula is C24H21N3O2. The molecule has 1 aromatic heterocycles. The summed E-state index contributed by atoms with van der Waals surface area (Å²) in [6.07, 6.45) is 1.68. The zero-order valence-electron chi connectivity index (χ0n) is 16.4. The summed E-state index contributed by atoms with van der Waals surface area (Å²) in [5, 5.41) is 9.54. The van der Waals surface area contributed by atoms with Crippen LogP contribution in [0.25, 0.3) is 33.3 Å². The molecule has 0 saturated carbocycles. The zero-order chi connectivity index (χ0) is 20.4. The molecule has 0 saturated heterocycles. The van der Waals surface area contributed by atoms with E-state index >= 15 is 0 Å². The lowest BCUT2D eigenvalue weighted by molar-refractivity contribution is 0.111. The van der Waals surface area contributed by atoms with E-state index in [1.54, 1.807) is 29.1 Å². The first-order valence-corrected chi connectivity index (χ1v) is 9.58. The molecule has 5 nitrogen and oxygen atoms in total. The van der Waals surface area contributed by atoms with Crippen molar-refractivity contribution < 1.29 is 9.59 Å². The minimum Gasteiger partial charge on any atom is -0.298 e. The lowest BCUT2D eigenvalue weighted by atomic mass is 9.97. The Labute approximate surface area is 169 Å². The second-order valence-electron chi connectivity index (χ2n) is 7.49. The molecule has 4 aromatic rings. The van der Waals surface area contributed by atoms with Gasteiger partial charge in [-0.25, -0.2) is 0 Å². The van der Waals surface area contributed by atoms with E-state index in [0.29, 0.717) is 17.0 Å². The van der Waals surface area contributed by atoms with Gasteiger partial charge in [0.25, 0.3) is 0 Å². The predicted octanol–water partition coefficient (Wildman–Crippen LogP) is 5.05. The number of benzene rings is 3. The van der Waals surface area contributed by atoms with Gasteiger partial charge in [-0.15, -0.1) is 0 Å². The highest BCUT2D eigenvalue weighted by Gasteiger charge is 2.15. The number of aldehydes is 2. The molecule has 3 aromatic carbocycles. The first kappa shape index (κ1) is 18.7. The van der Waals surface area contributed by atoms with E-state index in [2.05, 4.69) is 13.8 Å². The van der Waals surface area contributed by atoms with Gasteiger partial charge in [0.2, 0.25) is 0 Å². The highest BCUT2D eigenvalue weighted by atomic mass is 16.1. The fourth-order valence-corrected chi connectivity index (χ4v) is 3.39. The fraction of sp³-hybridized carbons (Fsp3) is 0.167. The maximum Gasteiger partial charge on any atom is 0.150 e. The van der Waals surface area contributed by atoms with Crippen molar-refractivity contribution in [2.75, 3.05) is 0 Å². The average Bonchev–Trinajstić information content (AvgIpc) is 3.16. The molecule has 5 heteroatoms. The summed E-state index contributed by atoms with van der Waals surface area (Å²) in [5.74, 6) is 0.419. The lowest BCUT2D eigenvalue weighted by Gasteiger charge is -2.07. The topological polar surface area (TPSA) is 64.8 Å². The molecule has 0 N–H and O–H groups in total. The van der Waals surface area contributed by atoms with Crippen molar-refractivity contribution in [2.24, 2.45) is 5.92 Å². The van der Waals surface area contributed by atoms with Gasteiger partial charge in [0, 0.05) is 22.3 Å². The first-order valence-electron chi connectivity index (χ1n) is 9.58. The number of nitrogens with zero attached hydrogens (tertiary/aromatic N) is 3. The first-order chi connectivity index (χ1) is 14.1. The highest BCUT2D eigenvalue weighted by Crippen LogP contribution is 2.34. The number of carbonyl (C=O) groups excluding carboxylic acids is 2. The van der Waals surface area contributed by atoms with Crippen LogP contribution < -0.4 is 0 Å². The van der Waals surface area contributed by atoms with E-state index in [0.717, 1.165) is 52.4 Å². The second kappa shape index (κ2) is 7.80. The third-order valence-electron chi connectivity index (χ3n) is 4.83. The molecule has 144 valence electrons. The molecule has 0 bridgehead atoms. The summed E-state index contributed by atoms with van der Waals surface area (Å²) in [6, 6.07) is 19.0. The van der Waals surface area contributed by atoms with Crippen molar-refractivity contribution >= 4 is 23.6 Å². The Balaban J connectivity index is 1.90. The van der Waals surface area contributed by atoms with Crippen LogP contribution in [0.2, 0.25) is 0 Å². The number of hydrogen-bond donors (Lipinski definition) is 0. The lowest BCUT2D eigenvalue weighted by Crippen LogP contribution is -2.07. The van der Waals surface area contributed by atoms with Crippen LogP contribution >= 0.6 is 0 Å². The van der Waals surface area contributed by atoms with Crippen molar-refractivity contribution in [2.45, 2.75) is 20.4 Å². The molecule has 0 fully saturated rings. The Morgan fingerprint density at radius 1 is 0.724 bits per heavy atom. The van der Waals surface area contributed by atoms with Crippen molar-refractivity contribution in [3.05, 3.63) is 71.8 Å². The fourth-order valence-electron chi connectivity index (χ4n) is 3.39. The maximum atomic E-state index is 11.0. The van der Waals surface area contributed by atoms with Gasteiger partial charge in [0.05, 0.1) is 6.54 Å². The van der Waals surface area contributed by atoms with Gasteiger partial charge in [0.15, 0.2) is 0 Å². The minimum atomic E-state index is 0.419. The van der Waals surface area contributed by atoms with Crippen molar-refractivity contribution in [1.29, 1.82) is 0 Å². The molecule has 0 radical (unpaired) electrons. The van der Waals surface area contributed by atoms with Gasteiger partial charge in [-0.2, -0.15) is 15.0 Å². The van der Waals surface area contributed by atoms with Crippen LogP contribution in [-0.4, -0.2) is 27.6 Å². The van der Waals surface area contributed by atoms with Gasteiger partial charge >= 0.3 is 0 Å². The van der Waals surface area contributed by atoms with E-state index in [1.807, 2.05) is 36.4 Å². The van der Waals surface area contributed by atoms with Gasteiger partial charge in [-0.05, 0) is 17.0 Å². The van der Waals surface area contributed by atoms with E-state index in [9.17, 15) is 9.59 Å². The van der Waals surface area contributed by atoms with Crippen molar-refractivity contribution in [1.82, 2.24) is 15.0 Å². The van der Waals surface area contributed by atoms with E-state index in [-0.39, 0.29) is 0 Å². The number of aromatic nitrogens is 3. The predicted molar refractivity (Wildman–Crippen MR) is 114 cm³/mol. The van der Waals surface area contributed by atoms with Gasteiger partial charge in [0.1, 0.15) is 23.6 Å². The van der Waals surface area contributed by atoms with Crippen molar-refractivity contribution in [3.8, 4) is 22.3 Å².